The first-order valence-electron chi connectivity index (χ1n) is 9.12. The van der Waals surface area contributed by atoms with Gasteiger partial charge in [0.15, 0.2) is 0 Å². The van der Waals surface area contributed by atoms with Gasteiger partial charge < -0.3 is 27.7 Å². The van der Waals surface area contributed by atoms with Crippen LogP contribution in [0.25, 0.3) is 0 Å². The normalized spacial score (nSPS) is 12.9. The summed E-state index contributed by atoms with van der Waals surface area (Å²) in [5.41, 5.74) is 0. The molecule has 154 valence electrons. The number of methoxy groups -OCH3 is 2. The highest BCUT2D eigenvalue weighted by Crippen LogP contribution is 2.19. The summed E-state index contributed by atoms with van der Waals surface area (Å²) >= 11 is 0. The van der Waals surface area contributed by atoms with E-state index in [1.54, 1.807) is 0 Å². The SMILES string of the molecule is CCO[Si](CCCN(C)CC(CC(=O)OC)C(=O)OC)(OCC)OCC. The van der Waals surface area contributed by atoms with Crippen LogP contribution in [0, 0.1) is 5.92 Å². The van der Waals surface area contributed by atoms with E-state index in [0.717, 1.165) is 13.0 Å². The highest BCUT2D eigenvalue weighted by Gasteiger charge is 2.39. The predicted octanol–water partition coefficient (Wildman–Crippen LogP) is 1.71. The van der Waals surface area contributed by atoms with E-state index in [4.69, 9.17) is 18.0 Å². The molecule has 8 nitrogen and oxygen atoms in total. The molecule has 0 N–H and O–H groups in total. The van der Waals surface area contributed by atoms with Crippen molar-refractivity contribution in [3.05, 3.63) is 0 Å². The minimum Gasteiger partial charge on any atom is -0.469 e. The molecule has 0 aliphatic rings. The lowest BCUT2D eigenvalue weighted by molar-refractivity contribution is -0.152. The van der Waals surface area contributed by atoms with E-state index in [1.165, 1.54) is 14.2 Å². The van der Waals surface area contributed by atoms with Gasteiger partial charge in [-0.05, 0) is 40.8 Å². The molecule has 1 unspecified atom stereocenters. The van der Waals surface area contributed by atoms with Gasteiger partial charge in [-0.25, -0.2) is 0 Å². The Morgan fingerprint density at radius 3 is 1.92 bits per heavy atom. The number of hydrogen-bond acceptors (Lipinski definition) is 8. The Kier molecular flexibility index (Phi) is 13.6. The predicted molar refractivity (Wildman–Crippen MR) is 99.7 cm³/mol. The average Bonchev–Trinajstić information content (AvgIpc) is 2.61. The Labute approximate surface area is 158 Å². The average molecular weight is 394 g/mol. The van der Waals surface area contributed by atoms with Crippen LogP contribution in [0.15, 0.2) is 0 Å². The Morgan fingerprint density at radius 2 is 1.50 bits per heavy atom. The third-order valence-corrected chi connectivity index (χ3v) is 6.97. The summed E-state index contributed by atoms with van der Waals surface area (Å²) in [5.74, 6) is -1.39. The number of rotatable bonds is 15. The van der Waals surface area contributed by atoms with Crippen molar-refractivity contribution < 1.29 is 32.3 Å². The first-order chi connectivity index (χ1) is 12.4. The van der Waals surface area contributed by atoms with Gasteiger partial charge in [0.2, 0.25) is 0 Å². The van der Waals surface area contributed by atoms with Crippen molar-refractivity contribution in [1.29, 1.82) is 0 Å². The zero-order valence-electron chi connectivity index (χ0n) is 17.0. The molecular formula is C17H35NO7Si. The quantitative estimate of drug-likeness (QED) is 0.307. The summed E-state index contributed by atoms with van der Waals surface area (Å²) in [6.07, 6.45) is 0.803. The Morgan fingerprint density at radius 1 is 0.962 bits per heavy atom. The molecule has 0 aromatic carbocycles. The van der Waals surface area contributed by atoms with Crippen molar-refractivity contribution in [3.63, 3.8) is 0 Å². The molecule has 0 spiro atoms. The molecule has 0 saturated heterocycles. The summed E-state index contributed by atoms with van der Waals surface area (Å²) in [6.45, 7) is 8.56. The van der Waals surface area contributed by atoms with Gasteiger partial charge >= 0.3 is 20.7 Å². The van der Waals surface area contributed by atoms with Crippen LogP contribution in [0.3, 0.4) is 0 Å². The topological polar surface area (TPSA) is 83.5 Å². The lowest BCUT2D eigenvalue weighted by Gasteiger charge is -2.29. The van der Waals surface area contributed by atoms with Gasteiger partial charge in [0.05, 0.1) is 26.6 Å². The van der Waals surface area contributed by atoms with E-state index in [1.807, 2.05) is 32.7 Å². The van der Waals surface area contributed by atoms with Crippen molar-refractivity contribution in [2.45, 2.75) is 39.7 Å². The summed E-state index contributed by atoms with van der Waals surface area (Å²) in [7, 11) is 1.87. The summed E-state index contributed by atoms with van der Waals surface area (Å²) in [5, 5.41) is 0. The van der Waals surface area contributed by atoms with Gasteiger partial charge in [-0.15, -0.1) is 0 Å². The number of carbonyl (C=O) groups excluding carboxylic acids is 2. The number of carbonyl (C=O) groups is 2. The largest absolute Gasteiger partial charge is 0.500 e. The van der Waals surface area contributed by atoms with Crippen molar-refractivity contribution in [2.75, 3.05) is 54.2 Å². The molecule has 0 aliphatic carbocycles. The van der Waals surface area contributed by atoms with Crippen LogP contribution in [-0.2, 0) is 32.3 Å². The second-order valence-corrected chi connectivity index (χ2v) is 8.58. The zero-order valence-corrected chi connectivity index (χ0v) is 18.0. The van der Waals surface area contributed by atoms with Crippen molar-refractivity contribution >= 4 is 20.7 Å². The fourth-order valence-corrected chi connectivity index (χ4v) is 5.30. The lowest BCUT2D eigenvalue weighted by atomic mass is 10.1. The maximum absolute atomic E-state index is 11.9. The monoisotopic (exact) mass is 393 g/mol. The highest BCUT2D eigenvalue weighted by atomic mass is 28.4. The molecule has 0 aromatic rings. The molecule has 0 aliphatic heterocycles. The minimum atomic E-state index is -2.66. The van der Waals surface area contributed by atoms with E-state index in [0.29, 0.717) is 32.4 Å². The van der Waals surface area contributed by atoms with Crippen molar-refractivity contribution in [3.8, 4) is 0 Å². The van der Waals surface area contributed by atoms with E-state index in [-0.39, 0.29) is 6.42 Å². The number of esters is 2. The molecule has 0 rings (SSSR count). The minimum absolute atomic E-state index is 0.00301. The molecule has 0 radical (unpaired) electrons. The third kappa shape index (κ3) is 9.63. The molecule has 26 heavy (non-hydrogen) atoms. The van der Waals surface area contributed by atoms with E-state index < -0.39 is 26.7 Å². The zero-order chi connectivity index (χ0) is 20.0. The first-order valence-corrected chi connectivity index (χ1v) is 11.1. The molecule has 0 heterocycles. The highest BCUT2D eigenvalue weighted by molar-refractivity contribution is 6.60. The summed E-state index contributed by atoms with van der Waals surface area (Å²) in [6, 6.07) is 0.701. The molecule has 0 bridgehead atoms. The van der Waals surface area contributed by atoms with Crippen LogP contribution in [0.1, 0.15) is 33.6 Å². The van der Waals surface area contributed by atoms with Gasteiger partial charge in [-0.3, -0.25) is 9.59 Å². The summed E-state index contributed by atoms with van der Waals surface area (Å²) < 4.78 is 27.0. The standard InChI is InChI=1S/C17H35NO7Si/c1-7-23-26(24-8-2,25-9-3)12-10-11-18(4)14-15(17(20)22-6)13-16(19)21-5/h15H,7-14H2,1-6H3. The van der Waals surface area contributed by atoms with Crippen LogP contribution in [0.4, 0.5) is 0 Å². The second-order valence-electron chi connectivity index (χ2n) is 5.85. The fraction of sp³-hybridized carbons (Fsp3) is 0.882. The van der Waals surface area contributed by atoms with Crippen molar-refractivity contribution in [1.82, 2.24) is 4.90 Å². The molecule has 9 heteroatoms. The Bertz CT molecular complexity index is 392. The van der Waals surface area contributed by atoms with Gasteiger partial charge in [-0.2, -0.15) is 0 Å². The van der Waals surface area contributed by atoms with Gasteiger partial charge in [0.1, 0.15) is 0 Å². The van der Waals surface area contributed by atoms with E-state index in [9.17, 15) is 9.59 Å². The fourth-order valence-electron chi connectivity index (χ4n) is 2.71. The Balaban J connectivity index is 4.64. The molecule has 0 fully saturated rings. The maximum atomic E-state index is 11.9. The molecule has 1 atom stereocenters. The van der Waals surface area contributed by atoms with E-state index >= 15 is 0 Å². The van der Waals surface area contributed by atoms with Gasteiger partial charge in [-0.1, -0.05) is 0 Å². The van der Waals surface area contributed by atoms with Crippen LogP contribution < -0.4 is 0 Å². The molecule has 0 amide bonds. The van der Waals surface area contributed by atoms with Crippen LogP contribution in [-0.4, -0.2) is 79.8 Å². The van der Waals surface area contributed by atoms with Crippen LogP contribution >= 0.6 is 0 Å². The van der Waals surface area contributed by atoms with Crippen LogP contribution in [0.2, 0.25) is 6.04 Å². The molecular weight excluding hydrogens is 358 g/mol. The van der Waals surface area contributed by atoms with E-state index in [2.05, 4.69) is 4.74 Å². The number of ether oxygens (including phenoxy) is 2. The molecule has 0 aromatic heterocycles. The first kappa shape index (κ1) is 25.0. The summed E-state index contributed by atoms with van der Waals surface area (Å²) in [4.78, 5) is 25.4. The van der Waals surface area contributed by atoms with Gasteiger partial charge in [0, 0.05) is 32.4 Å². The third-order valence-electron chi connectivity index (χ3n) is 3.82. The Hall–Kier alpha value is -1.00. The number of nitrogens with zero attached hydrogens (tertiary/aromatic N) is 1. The van der Waals surface area contributed by atoms with Gasteiger partial charge in [0.25, 0.3) is 0 Å². The van der Waals surface area contributed by atoms with Crippen molar-refractivity contribution in [2.24, 2.45) is 5.92 Å². The smallest absolute Gasteiger partial charge is 0.469 e. The maximum Gasteiger partial charge on any atom is 0.500 e. The molecule has 0 saturated carbocycles. The second kappa shape index (κ2) is 14.1. The number of hydrogen-bond donors (Lipinski definition) is 0. The lowest BCUT2D eigenvalue weighted by Crippen LogP contribution is -2.46. The van der Waals surface area contributed by atoms with Crippen LogP contribution in [0.5, 0.6) is 0 Å².